The smallest absolute Gasteiger partial charge is 0.191 e. The molecule has 0 fully saturated rings. The minimum atomic E-state index is 0.623. The molecule has 2 N–H and O–H groups in total. The summed E-state index contributed by atoms with van der Waals surface area (Å²) in [5.41, 5.74) is 1.04. The molecule has 0 aliphatic heterocycles. The highest BCUT2D eigenvalue weighted by Crippen LogP contribution is 2.24. The first kappa shape index (κ1) is 18.1. The number of nitrogens with one attached hydrogen (secondary N) is 2. The number of aliphatic imine (C=N–C) groups is 1. The number of methoxy groups -OCH3 is 2. The highest BCUT2D eigenvalue weighted by molar-refractivity contribution is 5.79. The van der Waals surface area contributed by atoms with Gasteiger partial charge in [0.05, 0.1) is 14.2 Å². The van der Waals surface area contributed by atoms with Crippen LogP contribution in [0.4, 0.5) is 0 Å². The van der Waals surface area contributed by atoms with Crippen LogP contribution in [0, 0.1) is 0 Å². The number of guanidine groups is 1. The predicted molar refractivity (Wildman–Crippen MR) is 88.9 cm³/mol. The van der Waals surface area contributed by atoms with E-state index >= 15 is 0 Å². The first-order valence-corrected chi connectivity index (χ1v) is 7.48. The topological polar surface area (TPSA) is 64.1 Å². The second-order valence-corrected chi connectivity index (χ2v) is 4.58. The van der Waals surface area contributed by atoms with Gasteiger partial charge in [0.2, 0.25) is 0 Å². The van der Waals surface area contributed by atoms with E-state index in [2.05, 4.69) is 15.6 Å². The van der Waals surface area contributed by atoms with Crippen molar-refractivity contribution in [1.29, 1.82) is 0 Å². The molecule has 0 atom stereocenters. The summed E-state index contributed by atoms with van der Waals surface area (Å²) in [6.45, 7) is 4.95. The maximum Gasteiger partial charge on any atom is 0.191 e. The SMILES string of the molecule is CCOCCCNC(=NC)NCc1ccc(OC)cc1OC. The second kappa shape index (κ2) is 10.7. The molecule has 1 aromatic carbocycles. The predicted octanol–water partition coefficient (Wildman–Crippen LogP) is 1.80. The van der Waals surface area contributed by atoms with Crippen molar-refractivity contribution in [3.63, 3.8) is 0 Å². The van der Waals surface area contributed by atoms with Gasteiger partial charge in [-0.25, -0.2) is 0 Å². The third-order valence-corrected chi connectivity index (χ3v) is 3.13. The van der Waals surface area contributed by atoms with Gasteiger partial charge in [0.25, 0.3) is 0 Å². The van der Waals surface area contributed by atoms with Crippen LogP contribution in [0.25, 0.3) is 0 Å². The van der Waals surface area contributed by atoms with Crippen LogP contribution < -0.4 is 20.1 Å². The Morgan fingerprint density at radius 1 is 1.18 bits per heavy atom. The van der Waals surface area contributed by atoms with Crippen molar-refractivity contribution in [2.75, 3.05) is 41.0 Å². The summed E-state index contributed by atoms with van der Waals surface area (Å²) in [5, 5.41) is 6.52. The van der Waals surface area contributed by atoms with Crippen molar-refractivity contribution in [2.45, 2.75) is 19.9 Å². The molecule has 0 spiro atoms. The van der Waals surface area contributed by atoms with Crippen molar-refractivity contribution in [2.24, 2.45) is 4.99 Å². The molecule has 1 aromatic rings. The molecule has 6 heteroatoms. The molecular formula is C16H27N3O3. The Kier molecular flexibility index (Phi) is 8.83. The molecular weight excluding hydrogens is 282 g/mol. The number of nitrogens with zero attached hydrogens (tertiary/aromatic N) is 1. The van der Waals surface area contributed by atoms with E-state index in [9.17, 15) is 0 Å². The van der Waals surface area contributed by atoms with Gasteiger partial charge in [-0.3, -0.25) is 4.99 Å². The number of ether oxygens (including phenoxy) is 3. The molecule has 0 radical (unpaired) electrons. The number of hydrogen-bond acceptors (Lipinski definition) is 4. The fraction of sp³-hybridized carbons (Fsp3) is 0.562. The van der Waals surface area contributed by atoms with Gasteiger partial charge in [-0.05, 0) is 25.5 Å². The van der Waals surface area contributed by atoms with Crippen LogP contribution in [0.5, 0.6) is 11.5 Å². The molecule has 124 valence electrons. The van der Waals surface area contributed by atoms with Gasteiger partial charge in [-0.1, -0.05) is 0 Å². The highest BCUT2D eigenvalue weighted by atomic mass is 16.5. The van der Waals surface area contributed by atoms with Crippen molar-refractivity contribution in [1.82, 2.24) is 10.6 Å². The molecule has 0 heterocycles. The minimum absolute atomic E-state index is 0.623. The molecule has 0 aliphatic rings. The fourth-order valence-corrected chi connectivity index (χ4v) is 1.92. The molecule has 0 aliphatic carbocycles. The minimum Gasteiger partial charge on any atom is -0.497 e. The van der Waals surface area contributed by atoms with Crippen molar-refractivity contribution in [3.8, 4) is 11.5 Å². The highest BCUT2D eigenvalue weighted by Gasteiger charge is 2.06. The molecule has 0 unspecified atom stereocenters. The standard InChI is InChI=1S/C16H27N3O3/c1-5-22-10-6-9-18-16(17-2)19-12-13-7-8-14(20-3)11-15(13)21-4/h7-8,11H,5-6,9-10,12H2,1-4H3,(H2,17,18,19). The van der Waals surface area contributed by atoms with Crippen molar-refractivity contribution in [3.05, 3.63) is 23.8 Å². The van der Waals surface area contributed by atoms with Crippen LogP contribution in [0.2, 0.25) is 0 Å². The van der Waals surface area contributed by atoms with Crippen molar-refractivity contribution >= 4 is 5.96 Å². The van der Waals surface area contributed by atoms with Gasteiger partial charge in [0.1, 0.15) is 11.5 Å². The lowest BCUT2D eigenvalue weighted by molar-refractivity contribution is 0.145. The van der Waals surface area contributed by atoms with E-state index in [4.69, 9.17) is 14.2 Å². The summed E-state index contributed by atoms with van der Waals surface area (Å²) in [4.78, 5) is 4.20. The maximum atomic E-state index is 5.38. The number of hydrogen-bond donors (Lipinski definition) is 2. The Labute approximate surface area is 132 Å². The quantitative estimate of drug-likeness (QED) is 0.414. The van der Waals surface area contributed by atoms with E-state index < -0.39 is 0 Å². The van der Waals surface area contributed by atoms with Gasteiger partial charge >= 0.3 is 0 Å². The molecule has 1 rings (SSSR count). The third-order valence-electron chi connectivity index (χ3n) is 3.13. The first-order chi connectivity index (χ1) is 10.7. The molecule has 0 saturated heterocycles. The van der Waals surface area contributed by atoms with E-state index in [0.717, 1.165) is 49.2 Å². The van der Waals surface area contributed by atoms with Gasteiger partial charge < -0.3 is 24.8 Å². The molecule has 0 bridgehead atoms. The Morgan fingerprint density at radius 2 is 2.00 bits per heavy atom. The normalized spacial score (nSPS) is 11.2. The lowest BCUT2D eigenvalue weighted by Gasteiger charge is -2.14. The van der Waals surface area contributed by atoms with E-state index in [1.54, 1.807) is 21.3 Å². The summed E-state index contributed by atoms with van der Waals surface area (Å²) in [6, 6.07) is 5.76. The number of benzene rings is 1. The van der Waals surface area contributed by atoms with E-state index in [1.165, 1.54) is 0 Å². The second-order valence-electron chi connectivity index (χ2n) is 4.58. The summed E-state index contributed by atoms with van der Waals surface area (Å²) < 4.78 is 15.9. The average Bonchev–Trinajstić information content (AvgIpc) is 2.57. The lowest BCUT2D eigenvalue weighted by Crippen LogP contribution is -2.37. The van der Waals surface area contributed by atoms with Gasteiger partial charge in [-0.2, -0.15) is 0 Å². The van der Waals surface area contributed by atoms with Gasteiger partial charge in [0.15, 0.2) is 5.96 Å². The first-order valence-electron chi connectivity index (χ1n) is 7.48. The van der Waals surface area contributed by atoms with Crippen LogP contribution in [-0.2, 0) is 11.3 Å². The summed E-state index contributed by atoms with van der Waals surface area (Å²) in [7, 11) is 5.04. The zero-order valence-corrected chi connectivity index (χ0v) is 13.9. The van der Waals surface area contributed by atoms with E-state index in [-0.39, 0.29) is 0 Å². The number of rotatable bonds is 9. The van der Waals surface area contributed by atoms with Crippen LogP contribution in [0.15, 0.2) is 23.2 Å². The summed E-state index contributed by atoms with van der Waals surface area (Å²) in [5.74, 6) is 2.33. The Hall–Kier alpha value is -1.95. The maximum absolute atomic E-state index is 5.38. The van der Waals surface area contributed by atoms with E-state index in [1.807, 2.05) is 25.1 Å². The Morgan fingerprint density at radius 3 is 2.64 bits per heavy atom. The van der Waals surface area contributed by atoms with Crippen LogP contribution in [-0.4, -0.2) is 47.0 Å². The fourth-order valence-electron chi connectivity index (χ4n) is 1.92. The largest absolute Gasteiger partial charge is 0.497 e. The average molecular weight is 309 g/mol. The van der Waals surface area contributed by atoms with Crippen molar-refractivity contribution < 1.29 is 14.2 Å². The zero-order chi connectivity index (χ0) is 16.2. The van der Waals surface area contributed by atoms with Gasteiger partial charge in [0, 0.05) is 45.0 Å². The Balaban J connectivity index is 2.46. The summed E-state index contributed by atoms with van der Waals surface area (Å²) >= 11 is 0. The monoisotopic (exact) mass is 309 g/mol. The van der Waals surface area contributed by atoms with Crippen LogP contribution in [0.3, 0.4) is 0 Å². The molecule has 0 amide bonds. The molecule has 0 saturated carbocycles. The van der Waals surface area contributed by atoms with E-state index in [0.29, 0.717) is 6.54 Å². The van der Waals surface area contributed by atoms with Crippen LogP contribution in [0.1, 0.15) is 18.9 Å². The van der Waals surface area contributed by atoms with Crippen LogP contribution >= 0.6 is 0 Å². The van der Waals surface area contributed by atoms with Gasteiger partial charge in [-0.15, -0.1) is 0 Å². The molecule has 6 nitrogen and oxygen atoms in total. The molecule has 22 heavy (non-hydrogen) atoms. The lowest BCUT2D eigenvalue weighted by atomic mass is 10.2. The third kappa shape index (κ3) is 6.22. The zero-order valence-electron chi connectivity index (χ0n) is 13.9. The Bertz CT molecular complexity index is 464. The summed E-state index contributed by atoms with van der Waals surface area (Å²) in [6.07, 6.45) is 0.945. The molecule has 0 aromatic heterocycles.